The van der Waals surface area contributed by atoms with Crippen LogP contribution in [0.25, 0.3) is 11.2 Å². The van der Waals surface area contributed by atoms with E-state index in [-0.39, 0.29) is 17.7 Å². The largest absolute Gasteiger partial charge is 0.457 e. The Morgan fingerprint density at radius 3 is 2.72 bits per heavy atom. The summed E-state index contributed by atoms with van der Waals surface area (Å²) < 4.78 is 41.5. The third-order valence-corrected chi connectivity index (χ3v) is 5.86. The van der Waals surface area contributed by atoms with Gasteiger partial charge in [0.05, 0.1) is 19.2 Å². The summed E-state index contributed by atoms with van der Waals surface area (Å²) in [6.07, 6.45) is 1.18. The van der Waals surface area contributed by atoms with Crippen LogP contribution in [-0.4, -0.2) is 58.5 Å². The van der Waals surface area contributed by atoms with Crippen LogP contribution >= 0.6 is 11.6 Å². The van der Waals surface area contributed by atoms with Crippen molar-refractivity contribution in [2.24, 2.45) is 5.92 Å². The molecule has 1 fully saturated rings. The number of nitrogens with zero attached hydrogens (tertiary/aromatic N) is 4. The molecule has 0 bridgehead atoms. The molecule has 1 aliphatic rings. The highest BCUT2D eigenvalue weighted by Crippen LogP contribution is 2.46. The number of halogens is 1. The van der Waals surface area contributed by atoms with Gasteiger partial charge in [-0.15, -0.1) is 0 Å². The Balaban J connectivity index is 2.08. The first-order valence-electron chi connectivity index (χ1n) is 8.82. The number of fused-ring (bicyclic) bond motifs is 1. The number of esters is 1. The van der Waals surface area contributed by atoms with Crippen molar-refractivity contribution in [3.8, 4) is 0 Å². The standard InChI is InChI=1S/C16H22ClN5O6S/c1-5-16(6-26-29(4,24)25)8(2)11(27-9(3)23)14(28-16)22-7-19-10-12(17)20-15(18)21-13(10)22/h7-8,11,14H,5-6H2,1-4H3,(H2,18,20,21)/t8-,11+,14+,16?/m0/s1. The van der Waals surface area contributed by atoms with E-state index in [4.69, 9.17) is 31.0 Å². The topological polar surface area (TPSA) is 149 Å². The van der Waals surface area contributed by atoms with Crippen LogP contribution in [0.2, 0.25) is 5.15 Å². The third kappa shape index (κ3) is 4.15. The van der Waals surface area contributed by atoms with Crippen molar-refractivity contribution in [1.29, 1.82) is 0 Å². The fourth-order valence-corrected chi connectivity index (χ4v) is 4.13. The van der Waals surface area contributed by atoms with Gasteiger partial charge in [0, 0.05) is 12.8 Å². The monoisotopic (exact) mass is 447 g/mol. The number of ether oxygens (including phenoxy) is 2. The molecule has 3 rings (SSSR count). The minimum atomic E-state index is -3.70. The first-order valence-corrected chi connectivity index (χ1v) is 11.0. The number of hydrogen-bond acceptors (Lipinski definition) is 10. The second kappa shape index (κ2) is 7.67. The zero-order chi connectivity index (χ0) is 21.6. The fraction of sp³-hybridized carbons (Fsp3) is 0.625. The molecule has 29 heavy (non-hydrogen) atoms. The molecule has 0 aromatic carbocycles. The van der Waals surface area contributed by atoms with Gasteiger partial charge in [-0.2, -0.15) is 18.4 Å². The molecule has 0 amide bonds. The summed E-state index contributed by atoms with van der Waals surface area (Å²) in [5, 5.41) is 0.0727. The summed E-state index contributed by atoms with van der Waals surface area (Å²) >= 11 is 6.10. The summed E-state index contributed by atoms with van der Waals surface area (Å²) in [7, 11) is -3.70. The molecular formula is C16H22ClN5O6S. The predicted octanol–water partition coefficient (Wildman–Crippen LogP) is 1.28. The van der Waals surface area contributed by atoms with Crippen molar-refractivity contribution in [2.45, 2.75) is 45.1 Å². The number of aromatic nitrogens is 4. The van der Waals surface area contributed by atoms with Crippen LogP contribution in [-0.2, 0) is 28.6 Å². The van der Waals surface area contributed by atoms with E-state index in [1.807, 2.05) is 6.92 Å². The zero-order valence-electron chi connectivity index (χ0n) is 16.3. The van der Waals surface area contributed by atoms with E-state index < -0.39 is 39.9 Å². The predicted molar refractivity (Wildman–Crippen MR) is 103 cm³/mol. The Bertz CT molecular complexity index is 1040. The number of nitrogen functional groups attached to an aromatic ring is 1. The minimum Gasteiger partial charge on any atom is -0.457 e. The molecule has 1 aliphatic heterocycles. The number of imidazole rings is 1. The van der Waals surface area contributed by atoms with Crippen LogP contribution in [0.3, 0.4) is 0 Å². The molecule has 0 spiro atoms. The van der Waals surface area contributed by atoms with Gasteiger partial charge >= 0.3 is 5.97 Å². The lowest BCUT2D eigenvalue weighted by Crippen LogP contribution is -2.42. The summed E-state index contributed by atoms with van der Waals surface area (Å²) in [4.78, 5) is 24.0. The highest BCUT2D eigenvalue weighted by atomic mass is 35.5. The average molecular weight is 448 g/mol. The second-order valence-electron chi connectivity index (χ2n) is 6.95. The zero-order valence-corrected chi connectivity index (χ0v) is 17.9. The van der Waals surface area contributed by atoms with Gasteiger partial charge in [0.2, 0.25) is 5.95 Å². The number of carbonyl (C=O) groups is 1. The van der Waals surface area contributed by atoms with Crippen molar-refractivity contribution in [1.82, 2.24) is 19.5 Å². The Labute approximate surface area is 172 Å². The molecule has 0 radical (unpaired) electrons. The highest BCUT2D eigenvalue weighted by Gasteiger charge is 2.55. The van der Waals surface area contributed by atoms with Crippen molar-refractivity contribution in [3.05, 3.63) is 11.5 Å². The van der Waals surface area contributed by atoms with E-state index in [9.17, 15) is 13.2 Å². The van der Waals surface area contributed by atoms with E-state index in [2.05, 4.69) is 15.0 Å². The minimum absolute atomic E-state index is 0.0542. The van der Waals surface area contributed by atoms with Crippen LogP contribution in [0, 0.1) is 5.92 Å². The highest BCUT2D eigenvalue weighted by molar-refractivity contribution is 7.85. The first kappa shape index (κ1) is 21.7. The number of hydrogen-bond donors (Lipinski definition) is 1. The molecule has 0 saturated carbocycles. The molecule has 0 aliphatic carbocycles. The molecular weight excluding hydrogens is 426 g/mol. The van der Waals surface area contributed by atoms with Gasteiger partial charge in [0.1, 0.15) is 11.1 Å². The maximum atomic E-state index is 11.8. The van der Waals surface area contributed by atoms with Gasteiger partial charge in [0.15, 0.2) is 23.1 Å². The van der Waals surface area contributed by atoms with E-state index in [0.29, 0.717) is 17.6 Å². The lowest BCUT2D eigenvalue weighted by atomic mass is 9.85. The SMILES string of the molecule is CCC1(COS(C)(=O)=O)O[C@@H](n2cnc3c(Cl)nc(N)nc32)[C@H](OC(C)=O)[C@@H]1C. The van der Waals surface area contributed by atoms with Crippen molar-refractivity contribution in [3.63, 3.8) is 0 Å². The lowest BCUT2D eigenvalue weighted by molar-refractivity contribution is -0.154. The molecule has 1 saturated heterocycles. The van der Waals surface area contributed by atoms with Crippen molar-refractivity contribution in [2.75, 3.05) is 18.6 Å². The summed E-state index contributed by atoms with van der Waals surface area (Å²) in [5.74, 6) is -0.972. The molecule has 160 valence electrons. The average Bonchev–Trinajstić information content (AvgIpc) is 3.13. The van der Waals surface area contributed by atoms with E-state index in [0.717, 1.165) is 6.26 Å². The number of anilines is 1. The normalized spacial score (nSPS) is 27.4. The Morgan fingerprint density at radius 2 is 2.14 bits per heavy atom. The maximum absolute atomic E-state index is 11.8. The van der Waals surface area contributed by atoms with Gasteiger partial charge in [-0.25, -0.2) is 4.98 Å². The smallest absolute Gasteiger partial charge is 0.303 e. The maximum Gasteiger partial charge on any atom is 0.303 e. The second-order valence-corrected chi connectivity index (χ2v) is 8.95. The summed E-state index contributed by atoms with van der Waals surface area (Å²) in [5.41, 5.74) is 5.28. The fourth-order valence-electron chi connectivity index (χ4n) is 3.49. The third-order valence-electron chi connectivity index (χ3n) is 5.05. The van der Waals surface area contributed by atoms with E-state index in [1.54, 1.807) is 11.5 Å². The first-order chi connectivity index (χ1) is 13.5. The number of rotatable bonds is 6. The quantitative estimate of drug-likeness (QED) is 0.389. The van der Waals surface area contributed by atoms with Crippen LogP contribution in [0.1, 0.15) is 33.4 Å². The summed E-state index contributed by atoms with van der Waals surface area (Å²) in [6, 6.07) is 0. The molecule has 4 atom stereocenters. The van der Waals surface area contributed by atoms with Gasteiger partial charge < -0.3 is 15.2 Å². The van der Waals surface area contributed by atoms with Gasteiger partial charge in [-0.05, 0) is 6.42 Å². The molecule has 11 nitrogen and oxygen atoms in total. The molecule has 13 heteroatoms. The van der Waals surface area contributed by atoms with Crippen LogP contribution in [0.5, 0.6) is 0 Å². The van der Waals surface area contributed by atoms with E-state index >= 15 is 0 Å². The van der Waals surface area contributed by atoms with Gasteiger partial charge in [-0.1, -0.05) is 25.4 Å². The van der Waals surface area contributed by atoms with Gasteiger partial charge in [-0.3, -0.25) is 13.5 Å². The van der Waals surface area contributed by atoms with Gasteiger partial charge in [0.25, 0.3) is 10.1 Å². The molecule has 2 N–H and O–H groups in total. The van der Waals surface area contributed by atoms with Crippen LogP contribution in [0.4, 0.5) is 5.95 Å². The molecule has 3 heterocycles. The molecule has 1 unspecified atom stereocenters. The number of carbonyl (C=O) groups excluding carboxylic acids is 1. The lowest BCUT2D eigenvalue weighted by Gasteiger charge is -2.31. The van der Waals surface area contributed by atoms with Crippen molar-refractivity contribution < 1.29 is 26.9 Å². The Kier molecular flexibility index (Phi) is 5.73. The Morgan fingerprint density at radius 1 is 1.45 bits per heavy atom. The number of nitrogens with two attached hydrogens (primary N) is 1. The van der Waals surface area contributed by atoms with Crippen LogP contribution < -0.4 is 5.73 Å². The summed E-state index contributed by atoms with van der Waals surface area (Å²) in [6.45, 7) is 4.69. The Hall–Kier alpha value is -2.02. The van der Waals surface area contributed by atoms with E-state index in [1.165, 1.54) is 13.3 Å². The molecule has 2 aromatic rings. The molecule has 2 aromatic heterocycles. The van der Waals surface area contributed by atoms with Crippen molar-refractivity contribution >= 4 is 44.8 Å². The van der Waals surface area contributed by atoms with Crippen LogP contribution in [0.15, 0.2) is 6.33 Å².